The zero-order valence-corrected chi connectivity index (χ0v) is 12.1. The first-order chi connectivity index (χ1) is 8.54. The molecule has 0 saturated heterocycles. The molecule has 0 atom stereocenters. The van der Waals surface area contributed by atoms with E-state index in [0.717, 1.165) is 0 Å². The maximum atomic E-state index is 11.1. The molecule has 0 amide bonds. The first kappa shape index (κ1) is 16.9. The summed E-state index contributed by atoms with van der Waals surface area (Å²) in [6.07, 6.45) is 0. The van der Waals surface area contributed by atoms with Crippen molar-refractivity contribution < 1.29 is 14.6 Å². The Bertz CT molecular complexity index is 397. The second-order valence-corrected chi connectivity index (χ2v) is 3.76. The zero-order valence-electron chi connectivity index (χ0n) is 10.6. The number of phenolic OH excluding ortho intramolecular Hbond substituents is 1. The quantitative estimate of drug-likeness (QED) is 0.656. The van der Waals surface area contributed by atoms with E-state index >= 15 is 0 Å². The van der Waals surface area contributed by atoms with Crippen LogP contribution in [0.5, 0.6) is 5.75 Å². The molecule has 0 fully saturated rings. The molecule has 1 aromatic rings. The van der Waals surface area contributed by atoms with Crippen molar-refractivity contribution in [3.8, 4) is 5.75 Å². The Kier molecular flexibility index (Phi) is 8.33. The number of anilines is 1. The van der Waals surface area contributed by atoms with Gasteiger partial charge in [-0.2, -0.15) is 0 Å². The number of hydrogen-bond donors (Lipinski definition) is 2. The highest BCUT2D eigenvalue weighted by molar-refractivity contribution is 6.42. The van der Waals surface area contributed by atoms with Gasteiger partial charge in [-0.15, -0.1) is 0 Å². The van der Waals surface area contributed by atoms with Gasteiger partial charge in [0.25, 0.3) is 0 Å². The van der Waals surface area contributed by atoms with Crippen LogP contribution in [0.2, 0.25) is 10.0 Å². The summed E-state index contributed by atoms with van der Waals surface area (Å²) in [5.74, 6) is -0.480. The fourth-order valence-corrected chi connectivity index (χ4v) is 1.38. The molecule has 0 heterocycles. The Morgan fingerprint density at radius 3 is 2.44 bits per heavy atom. The van der Waals surface area contributed by atoms with Crippen molar-refractivity contribution in [2.24, 2.45) is 0 Å². The first-order valence-corrected chi connectivity index (χ1v) is 6.37. The maximum Gasteiger partial charge on any atom is 0.325 e. The standard InChI is InChI=1S/C10H11Cl2NO3.C2H6/c1-2-16-10(15)5-13-8-3-6(11)7(12)4-9(8)14;1-2/h3-4,13-14H,2,5H2,1H3;1-2H3. The van der Waals surface area contributed by atoms with Crippen molar-refractivity contribution in [3.63, 3.8) is 0 Å². The molecule has 0 bridgehead atoms. The highest BCUT2D eigenvalue weighted by Gasteiger charge is 2.08. The molecule has 6 heteroatoms. The molecule has 0 radical (unpaired) electrons. The van der Waals surface area contributed by atoms with Gasteiger partial charge in [0, 0.05) is 6.07 Å². The van der Waals surface area contributed by atoms with Crippen LogP contribution < -0.4 is 5.32 Å². The summed E-state index contributed by atoms with van der Waals surface area (Å²) < 4.78 is 4.72. The van der Waals surface area contributed by atoms with E-state index in [1.165, 1.54) is 12.1 Å². The molecule has 18 heavy (non-hydrogen) atoms. The summed E-state index contributed by atoms with van der Waals surface area (Å²) in [7, 11) is 0. The first-order valence-electron chi connectivity index (χ1n) is 5.62. The van der Waals surface area contributed by atoms with Crippen LogP contribution in [0.4, 0.5) is 5.69 Å². The number of esters is 1. The van der Waals surface area contributed by atoms with E-state index in [9.17, 15) is 9.90 Å². The lowest BCUT2D eigenvalue weighted by molar-refractivity contribution is -0.140. The number of halogens is 2. The molecule has 0 aliphatic heterocycles. The van der Waals surface area contributed by atoms with E-state index < -0.39 is 5.97 Å². The normalized spacial score (nSPS) is 9.17. The number of phenols is 1. The van der Waals surface area contributed by atoms with Gasteiger partial charge < -0.3 is 15.2 Å². The summed E-state index contributed by atoms with van der Waals surface area (Å²) in [5.41, 5.74) is 0.336. The summed E-state index contributed by atoms with van der Waals surface area (Å²) in [6.45, 7) is 5.99. The van der Waals surface area contributed by atoms with Crippen molar-refractivity contribution in [2.45, 2.75) is 20.8 Å². The van der Waals surface area contributed by atoms with E-state index in [2.05, 4.69) is 5.32 Å². The van der Waals surface area contributed by atoms with E-state index in [1.807, 2.05) is 13.8 Å². The van der Waals surface area contributed by atoms with Gasteiger partial charge in [-0.25, -0.2) is 0 Å². The minimum atomic E-state index is -0.409. The minimum Gasteiger partial charge on any atom is -0.506 e. The van der Waals surface area contributed by atoms with Crippen molar-refractivity contribution in [2.75, 3.05) is 18.5 Å². The van der Waals surface area contributed by atoms with E-state index in [1.54, 1.807) is 6.92 Å². The second kappa shape index (κ2) is 8.89. The average Bonchev–Trinajstić information content (AvgIpc) is 2.35. The van der Waals surface area contributed by atoms with Crippen LogP contribution in [-0.2, 0) is 9.53 Å². The minimum absolute atomic E-state index is 0.0423. The Morgan fingerprint density at radius 1 is 1.33 bits per heavy atom. The van der Waals surface area contributed by atoms with Crippen LogP contribution in [0.1, 0.15) is 20.8 Å². The predicted octanol–water partition coefficient (Wildman–Crippen LogP) is 3.70. The third kappa shape index (κ3) is 5.47. The molecule has 0 unspecified atom stereocenters. The van der Waals surface area contributed by atoms with Gasteiger partial charge in [0.15, 0.2) is 0 Å². The number of hydrogen-bond acceptors (Lipinski definition) is 4. The fourth-order valence-electron chi connectivity index (χ4n) is 1.06. The number of rotatable bonds is 4. The van der Waals surface area contributed by atoms with Gasteiger partial charge in [0.05, 0.1) is 22.3 Å². The van der Waals surface area contributed by atoms with Gasteiger partial charge in [-0.3, -0.25) is 4.79 Å². The largest absolute Gasteiger partial charge is 0.506 e. The molecule has 0 spiro atoms. The Morgan fingerprint density at radius 2 is 1.89 bits per heavy atom. The monoisotopic (exact) mass is 293 g/mol. The molecule has 0 aliphatic carbocycles. The highest BCUT2D eigenvalue weighted by Crippen LogP contribution is 2.33. The molecule has 0 saturated carbocycles. The molecule has 0 aliphatic rings. The lowest BCUT2D eigenvalue weighted by Gasteiger charge is -2.09. The van der Waals surface area contributed by atoms with Gasteiger partial charge in [0.1, 0.15) is 12.3 Å². The molecule has 1 rings (SSSR count). The van der Waals surface area contributed by atoms with E-state index in [4.69, 9.17) is 27.9 Å². The third-order valence-electron chi connectivity index (χ3n) is 1.77. The Hall–Kier alpha value is -1.13. The molecule has 102 valence electrons. The predicted molar refractivity (Wildman–Crippen MR) is 74.6 cm³/mol. The zero-order chi connectivity index (χ0) is 14.1. The molecule has 1 aromatic carbocycles. The number of benzene rings is 1. The smallest absolute Gasteiger partial charge is 0.325 e. The lowest BCUT2D eigenvalue weighted by atomic mass is 10.3. The summed E-state index contributed by atoms with van der Waals surface area (Å²) in [5, 5.41) is 12.7. The Labute approximate surface area is 117 Å². The number of aromatic hydroxyl groups is 1. The van der Waals surface area contributed by atoms with Crippen LogP contribution >= 0.6 is 23.2 Å². The maximum absolute atomic E-state index is 11.1. The van der Waals surface area contributed by atoms with Crippen molar-refractivity contribution in [1.82, 2.24) is 0 Å². The van der Waals surface area contributed by atoms with E-state index in [-0.39, 0.29) is 17.3 Å². The van der Waals surface area contributed by atoms with E-state index in [0.29, 0.717) is 17.3 Å². The highest BCUT2D eigenvalue weighted by atomic mass is 35.5. The summed E-state index contributed by atoms with van der Waals surface area (Å²) in [4.78, 5) is 11.1. The van der Waals surface area contributed by atoms with Crippen LogP contribution in [0, 0.1) is 0 Å². The SMILES string of the molecule is CC.CCOC(=O)CNc1cc(Cl)c(Cl)cc1O. The number of carbonyl (C=O) groups excluding carboxylic acids is 1. The molecule has 4 nitrogen and oxygen atoms in total. The fraction of sp³-hybridized carbons (Fsp3) is 0.417. The van der Waals surface area contributed by atoms with Crippen molar-refractivity contribution in [1.29, 1.82) is 0 Å². The summed E-state index contributed by atoms with van der Waals surface area (Å²) in [6, 6.07) is 2.75. The van der Waals surface area contributed by atoms with Crippen LogP contribution in [0.15, 0.2) is 12.1 Å². The topological polar surface area (TPSA) is 58.6 Å². The molecular weight excluding hydrogens is 277 g/mol. The van der Waals surface area contributed by atoms with Crippen molar-refractivity contribution in [3.05, 3.63) is 22.2 Å². The number of carbonyl (C=O) groups is 1. The third-order valence-corrected chi connectivity index (χ3v) is 2.49. The van der Waals surface area contributed by atoms with Gasteiger partial charge in [0.2, 0.25) is 0 Å². The molecule has 2 N–H and O–H groups in total. The van der Waals surface area contributed by atoms with Gasteiger partial charge in [-0.1, -0.05) is 37.0 Å². The number of ether oxygens (including phenoxy) is 1. The Balaban J connectivity index is 0.00000137. The average molecular weight is 294 g/mol. The van der Waals surface area contributed by atoms with Crippen LogP contribution in [-0.4, -0.2) is 24.2 Å². The molecular formula is C12H17Cl2NO3. The van der Waals surface area contributed by atoms with Crippen LogP contribution in [0.3, 0.4) is 0 Å². The summed E-state index contributed by atoms with van der Waals surface area (Å²) >= 11 is 11.5. The molecule has 0 aromatic heterocycles. The van der Waals surface area contributed by atoms with Gasteiger partial charge in [-0.05, 0) is 13.0 Å². The number of nitrogens with one attached hydrogen (secondary N) is 1. The van der Waals surface area contributed by atoms with Crippen molar-refractivity contribution >= 4 is 34.9 Å². The lowest BCUT2D eigenvalue weighted by Crippen LogP contribution is -2.16. The second-order valence-electron chi connectivity index (χ2n) is 2.94. The van der Waals surface area contributed by atoms with Gasteiger partial charge >= 0.3 is 5.97 Å². The van der Waals surface area contributed by atoms with Crippen LogP contribution in [0.25, 0.3) is 0 Å².